The number of carbonyl (C=O) groups is 1. The Balaban J connectivity index is 2.35. The highest BCUT2D eigenvalue weighted by atomic mass is 79.9. The fourth-order valence-electron chi connectivity index (χ4n) is 2.96. The van der Waals surface area contributed by atoms with Gasteiger partial charge in [0.2, 0.25) is 0 Å². The van der Waals surface area contributed by atoms with Gasteiger partial charge in [0.1, 0.15) is 0 Å². The molecule has 0 aliphatic carbocycles. The first-order chi connectivity index (χ1) is 11.2. The summed E-state index contributed by atoms with van der Waals surface area (Å²) in [5.74, 6) is -0.211. The molecular formula is C19H26BrNO2. The summed E-state index contributed by atoms with van der Waals surface area (Å²) in [6.45, 7) is 6.42. The second-order valence-electron chi connectivity index (χ2n) is 5.85. The molecule has 0 spiro atoms. The van der Waals surface area contributed by atoms with Crippen molar-refractivity contribution in [1.29, 1.82) is 0 Å². The normalized spacial score (nSPS) is 16.1. The van der Waals surface area contributed by atoms with Gasteiger partial charge in [-0.3, -0.25) is 0 Å². The lowest BCUT2D eigenvalue weighted by Crippen LogP contribution is -2.24. The maximum Gasteiger partial charge on any atom is 0.333 e. The Bertz CT molecular complexity index is 560. The SMILES string of the molecule is CCOC(=O)C(=Cc1cc(Br)ccc1N1CCCCCC1)CC. The van der Waals surface area contributed by atoms with Crippen LogP contribution in [0.4, 0.5) is 5.69 Å². The van der Waals surface area contributed by atoms with E-state index < -0.39 is 0 Å². The summed E-state index contributed by atoms with van der Waals surface area (Å²) in [7, 11) is 0. The maximum absolute atomic E-state index is 12.1. The van der Waals surface area contributed by atoms with Crippen LogP contribution in [0, 0.1) is 0 Å². The van der Waals surface area contributed by atoms with E-state index >= 15 is 0 Å². The van der Waals surface area contributed by atoms with E-state index in [0.717, 1.165) is 28.7 Å². The van der Waals surface area contributed by atoms with E-state index in [1.165, 1.54) is 31.4 Å². The lowest BCUT2D eigenvalue weighted by atomic mass is 10.1. The zero-order valence-electron chi connectivity index (χ0n) is 14.1. The molecule has 0 N–H and O–H groups in total. The molecule has 1 fully saturated rings. The standard InChI is InChI=1S/C19H26BrNO2/c1-3-15(19(22)23-4-2)13-16-14-17(20)9-10-18(16)21-11-7-5-6-8-12-21/h9-10,13-14H,3-8,11-12H2,1-2H3. The minimum atomic E-state index is -0.211. The Labute approximate surface area is 147 Å². The van der Waals surface area contributed by atoms with Crippen LogP contribution in [0.5, 0.6) is 0 Å². The molecule has 0 saturated carbocycles. The number of ether oxygens (including phenoxy) is 1. The summed E-state index contributed by atoms with van der Waals surface area (Å²) in [6, 6.07) is 6.32. The van der Waals surface area contributed by atoms with Gasteiger partial charge >= 0.3 is 5.97 Å². The molecule has 126 valence electrons. The van der Waals surface area contributed by atoms with E-state index in [9.17, 15) is 4.79 Å². The minimum absolute atomic E-state index is 0.211. The maximum atomic E-state index is 12.1. The third kappa shape index (κ3) is 5.10. The van der Waals surface area contributed by atoms with E-state index in [4.69, 9.17) is 4.74 Å². The third-order valence-corrected chi connectivity index (χ3v) is 4.68. The van der Waals surface area contributed by atoms with Crippen molar-refractivity contribution >= 4 is 33.7 Å². The molecule has 0 unspecified atom stereocenters. The highest BCUT2D eigenvalue weighted by Gasteiger charge is 2.15. The quantitative estimate of drug-likeness (QED) is 0.520. The fraction of sp³-hybridized carbons (Fsp3) is 0.526. The number of carbonyl (C=O) groups excluding carboxylic acids is 1. The molecule has 1 aliphatic heterocycles. The van der Waals surface area contributed by atoms with Crippen molar-refractivity contribution in [3.05, 3.63) is 33.8 Å². The van der Waals surface area contributed by atoms with Crippen LogP contribution in [-0.4, -0.2) is 25.7 Å². The Hall–Kier alpha value is -1.29. The van der Waals surface area contributed by atoms with Crippen LogP contribution >= 0.6 is 15.9 Å². The first kappa shape index (κ1) is 18.1. The number of benzene rings is 1. The zero-order valence-corrected chi connectivity index (χ0v) is 15.7. The topological polar surface area (TPSA) is 29.5 Å². The molecule has 0 radical (unpaired) electrons. The smallest absolute Gasteiger partial charge is 0.333 e. The zero-order chi connectivity index (χ0) is 16.7. The van der Waals surface area contributed by atoms with Gasteiger partial charge in [-0.2, -0.15) is 0 Å². The summed E-state index contributed by atoms with van der Waals surface area (Å²) >= 11 is 3.55. The number of halogens is 1. The summed E-state index contributed by atoms with van der Waals surface area (Å²) in [5.41, 5.74) is 3.03. The van der Waals surface area contributed by atoms with Crippen LogP contribution in [-0.2, 0) is 9.53 Å². The van der Waals surface area contributed by atoms with Gasteiger partial charge < -0.3 is 9.64 Å². The molecule has 1 saturated heterocycles. The van der Waals surface area contributed by atoms with E-state index in [0.29, 0.717) is 13.0 Å². The third-order valence-electron chi connectivity index (χ3n) is 4.18. The predicted molar refractivity (Wildman–Crippen MR) is 99.7 cm³/mol. The number of hydrogen-bond acceptors (Lipinski definition) is 3. The summed E-state index contributed by atoms with van der Waals surface area (Å²) < 4.78 is 6.20. The second kappa shape index (κ2) is 9.11. The van der Waals surface area contributed by atoms with Gasteiger partial charge in [0, 0.05) is 28.8 Å². The average molecular weight is 380 g/mol. The molecule has 0 atom stereocenters. The molecule has 23 heavy (non-hydrogen) atoms. The Morgan fingerprint density at radius 2 is 1.91 bits per heavy atom. The van der Waals surface area contributed by atoms with Crippen molar-refractivity contribution in [2.75, 3.05) is 24.6 Å². The Morgan fingerprint density at radius 1 is 1.22 bits per heavy atom. The molecule has 1 aliphatic rings. The minimum Gasteiger partial charge on any atom is -0.463 e. The molecule has 3 nitrogen and oxygen atoms in total. The van der Waals surface area contributed by atoms with Crippen molar-refractivity contribution in [3.8, 4) is 0 Å². The van der Waals surface area contributed by atoms with E-state index in [1.807, 2.05) is 19.9 Å². The molecule has 0 bridgehead atoms. The second-order valence-corrected chi connectivity index (χ2v) is 6.76. The summed E-state index contributed by atoms with van der Waals surface area (Å²) in [5, 5.41) is 0. The Kier molecular flexibility index (Phi) is 7.15. The summed E-state index contributed by atoms with van der Waals surface area (Å²) in [4.78, 5) is 14.5. The highest BCUT2D eigenvalue weighted by molar-refractivity contribution is 9.10. The van der Waals surface area contributed by atoms with Crippen LogP contribution in [0.15, 0.2) is 28.2 Å². The van der Waals surface area contributed by atoms with Crippen LogP contribution in [0.25, 0.3) is 6.08 Å². The van der Waals surface area contributed by atoms with Crippen molar-refractivity contribution < 1.29 is 9.53 Å². The Morgan fingerprint density at radius 3 is 2.52 bits per heavy atom. The summed E-state index contributed by atoms with van der Waals surface area (Å²) in [6.07, 6.45) is 7.74. The van der Waals surface area contributed by atoms with Crippen molar-refractivity contribution in [1.82, 2.24) is 0 Å². The molecule has 0 aromatic heterocycles. The highest BCUT2D eigenvalue weighted by Crippen LogP contribution is 2.29. The monoisotopic (exact) mass is 379 g/mol. The van der Waals surface area contributed by atoms with Gasteiger partial charge in [0.05, 0.1) is 6.61 Å². The van der Waals surface area contributed by atoms with Gasteiger partial charge in [-0.1, -0.05) is 35.7 Å². The van der Waals surface area contributed by atoms with E-state index in [2.05, 4.69) is 39.0 Å². The van der Waals surface area contributed by atoms with Gasteiger partial charge in [-0.05, 0) is 56.0 Å². The van der Waals surface area contributed by atoms with Crippen molar-refractivity contribution in [2.45, 2.75) is 46.0 Å². The molecule has 4 heteroatoms. The number of hydrogen-bond donors (Lipinski definition) is 0. The van der Waals surface area contributed by atoms with Gasteiger partial charge in [0.15, 0.2) is 0 Å². The fourth-order valence-corrected chi connectivity index (χ4v) is 3.34. The number of nitrogens with zero attached hydrogens (tertiary/aromatic N) is 1. The van der Waals surface area contributed by atoms with Crippen LogP contribution < -0.4 is 4.90 Å². The molecule has 1 heterocycles. The molecule has 1 aromatic rings. The number of esters is 1. The largest absolute Gasteiger partial charge is 0.463 e. The van der Waals surface area contributed by atoms with E-state index in [1.54, 1.807) is 0 Å². The molecular weight excluding hydrogens is 354 g/mol. The van der Waals surface area contributed by atoms with Crippen LogP contribution in [0.1, 0.15) is 51.5 Å². The molecule has 2 rings (SSSR count). The predicted octanol–water partition coefficient (Wildman–Crippen LogP) is 5.19. The molecule has 0 amide bonds. The van der Waals surface area contributed by atoms with Crippen molar-refractivity contribution in [2.24, 2.45) is 0 Å². The first-order valence-electron chi connectivity index (χ1n) is 8.58. The number of anilines is 1. The number of rotatable bonds is 5. The van der Waals surface area contributed by atoms with Gasteiger partial charge in [-0.15, -0.1) is 0 Å². The molecule has 1 aromatic carbocycles. The van der Waals surface area contributed by atoms with E-state index in [-0.39, 0.29) is 5.97 Å². The lowest BCUT2D eigenvalue weighted by Gasteiger charge is -2.25. The van der Waals surface area contributed by atoms with Crippen LogP contribution in [0.2, 0.25) is 0 Å². The lowest BCUT2D eigenvalue weighted by molar-refractivity contribution is -0.138. The average Bonchev–Trinajstić information content (AvgIpc) is 2.82. The van der Waals surface area contributed by atoms with Crippen molar-refractivity contribution in [3.63, 3.8) is 0 Å². The van der Waals surface area contributed by atoms with Crippen LogP contribution in [0.3, 0.4) is 0 Å². The first-order valence-corrected chi connectivity index (χ1v) is 9.37. The van der Waals surface area contributed by atoms with Gasteiger partial charge in [0.25, 0.3) is 0 Å². The van der Waals surface area contributed by atoms with Gasteiger partial charge in [-0.25, -0.2) is 4.79 Å².